The maximum atomic E-state index is 11.7. The van der Waals surface area contributed by atoms with Crippen LogP contribution < -0.4 is 11.1 Å². The third-order valence-electron chi connectivity index (χ3n) is 1.94. The van der Waals surface area contributed by atoms with Crippen LogP contribution in [-0.2, 0) is 0 Å². The summed E-state index contributed by atoms with van der Waals surface area (Å²) in [6.45, 7) is 1.76. The maximum Gasteiger partial charge on any atom is 0.301 e. The van der Waals surface area contributed by atoms with Gasteiger partial charge >= 0.3 is 6.01 Å². The molecule has 0 aliphatic carbocycles. The lowest BCUT2D eigenvalue weighted by molar-refractivity contribution is 0.102. The Morgan fingerprint density at radius 3 is 3.00 bits per heavy atom. The molecule has 3 N–H and O–H groups in total. The first-order valence-corrected chi connectivity index (χ1v) is 4.60. The van der Waals surface area contributed by atoms with E-state index in [0.29, 0.717) is 16.9 Å². The summed E-state index contributed by atoms with van der Waals surface area (Å²) in [5, 5.41) is 2.50. The maximum absolute atomic E-state index is 11.7. The summed E-state index contributed by atoms with van der Waals surface area (Å²) < 4.78 is 5.00. The van der Waals surface area contributed by atoms with E-state index in [2.05, 4.69) is 15.3 Å². The molecule has 2 heterocycles. The van der Waals surface area contributed by atoms with Crippen LogP contribution >= 0.6 is 0 Å². The molecule has 0 bridgehead atoms. The number of carbonyl (C=O) groups excluding carboxylic acids is 1. The first-order chi connectivity index (χ1) is 7.66. The van der Waals surface area contributed by atoms with Gasteiger partial charge in [-0.2, -0.15) is 4.98 Å². The molecule has 1 amide bonds. The number of hydrogen-bond donors (Lipinski definition) is 2. The van der Waals surface area contributed by atoms with E-state index in [9.17, 15) is 4.79 Å². The van der Waals surface area contributed by atoms with Crippen LogP contribution in [0, 0.1) is 6.92 Å². The number of anilines is 2. The van der Waals surface area contributed by atoms with Gasteiger partial charge in [-0.15, -0.1) is 0 Å². The second-order valence-electron chi connectivity index (χ2n) is 3.21. The van der Waals surface area contributed by atoms with Gasteiger partial charge in [0.25, 0.3) is 5.91 Å². The van der Waals surface area contributed by atoms with Crippen molar-refractivity contribution in [2.24, 2.45) is 0 Å². The van der Waals surface area contributed by atoms with Crippen LogP contribution in [0.25, 0.3) is 0 Å². The van der Waals surface area contributed by atoms with E-state index >= 15 is 0 Å². The van der Waals surface area contributed by atoms with Crippen LogP contribution in [0.5, 0.6) is 0 Å². The Kier molecular flexibility index (Phi) is 2.55. The Labute approximate surface area is 91.5 Å². The molecule has 0 aliphatic heterocycles. The Balaban J connectivity index is 2.18. The predicted molar refractivity (Wildman–Crippen MR) is 57.8 cm³/mol. The van der Waals surface area contributed by atoms with Gasteiger partial charge in [0.1, 0.15) is 6.26 Å². The number of nitrogens with two attached hydrogens (primary N) is 1. The van der Waals surface area contributed by atoms with Gasteiger partial charge in [-0.25, -0.2) is 0 Å². The summed E-state index contributed by atoms with van der Waals surface area (Å²) in [4.78, 5) is 19.5. The van der Waals surface area contributed by atoms with E-state index in [-0.39, 0.29) is 11.9 Å². The molecule has 0 saturated heterocycles. The standard InChI is InChI=1S/C10H10N4O2/c1-6-5-16-10(13-6)14-9(15)7-2-3-12-4-8(7)11/h2-5H,11H2,1H3,(H,13,14,15). The molecule has 2 aromatic rings. The number of nitrogens with zero attached hydrogens (tertiary/aromatic N) is 2. The molecular formula is C10H10N4O2. The van der Waals surface area contributed by atoms with E-state index in [1.165, 1.54) is 24.7 Å². The van der Waals surface area contributed by atoms with Crippen molar-refractivity contribution in [1.29, 1.82) is 0 Å². The average Bonchev–Trinajstić information content (AvgIpc) is 2.64. The van der Waals surface area contributed by atoms with Crippen LogP contribution in [0.3, 0.4) is 0 Å². The zero-order valence-corrected chi connectivity index (χ0v) is 8.60. The highest BCUT2D eigenvalue weighted by molar-refractivity contribution is 6.06. The lowest BCUT2D eigenvalue weighted by atomic mass is 10.2. The highest BCUT2D eigenvalue weighted by atomic mass is 16.4. The second-order valence-corrected chi connectivity index (χ2v) is 3.21. The molecule has 0 aliphatic rings. The number of nitrogen functional groups attached to an aromatic ring is 1. The Bertz CT molecular complexity index is 521. The van der Waals surface area contributed by atoms with E-state index in [0.717, 1.165) is 0 Å². The van der Waals surface area contributed by atoms with E-state index in [4.69, 9.17) is 10.2 Å². The lowest BCUT2D eigenvalue weighted by Crippen LogP contribution is -2.14. The summed E-state index contributed by atoms with van der Waals surface area (Å²) in [6, 6.07) is 1.68. The molecule has 0 spiro atoms. The molecule has 2 rings (SSSR count). The molecule has 0 unspecified atom stereocenters. The smallest absolute Gasteiger partial charge is 0.301 e. The predicted octanol–water partition coefficient (Wildman–Crippen LogP) is 1.21. The first-order valence-electron chi connectivity index (χ1n) is 4.60. The zero-order chi connectivity index (χ0) is 11.5. The number of pyridine rings is 1. The van der Waals surface area contributed by atoms with Gasteiger partial charge < -0.3 is 10.2 Å². The topological polar surface area (TPSA) is 94.0 Å². The second kappa shape index (κ2) is 4.01. The summed E-state index contributed by atoms with van der Waals surface area (Å²) >= 11 is 0. The van der Waals surface area contributed by atoms with Crippen LogP contribution in [0.2, 0.25) is 0 Å². The third kappa shape index (κ3) is 2.00. The normalized spacial score (nSPS) is 10.1. The van der Waals surface area contributed by atoms with Crippen molar-refractivity contribution in [3.05, 3.63) is 36.0 Å². The SMILES string of the molecule is Cc1coc(NC(=O)c2ccncc2N)n1. The minimum atomic E-state index is -0.373. The zero-order valence-electron chi connectivity index (χ0n) is 8.60. The van der Waals surface area contributed by atoms with Gasteiger partial charge in [0.05, 0.1) is 23.1 Å². The molecule has 6 heteroatoms. The fourth-order valence-corrected chi connectivity index (χ4v) is 1.19. The molecule has 0 saturated carbocycles. The molecular weight excluding hydrogens is 208 g/mol. The van der Waals surface area contributed by atoms with Gasteiger partial charge in [0.2, 0.25) is 0 Å². The summed E-state index contributed by atoms with van der Waals surface area (Å²) in [5.41, 5.74) is 6.95. The highest BCUT2D eigenvalue weighted by Gasteiger charge is 2.11. The van der Waals surface area contributed by atoms with E-state index in [1.807, 2.05) is 0 Å². The summed E-state index contributed by atoms with van der Waals surface area (Å²) in [6.07, 6.45) is 4.35. The molecule has 0 atom stereocenters. The van der Waals surface area contributed by atoms with Crippen molar-refractivity contribution >= 4 is 17.6 Å². The number of oxazole rings is 1. The summed E-state index contributed by atoms with van der Waals surface area (Å²) in [5.74, 6) is -0.373. The van der Waals surface area contributed by atoms with E-state index in [1.54, 1.807) is 6.92 Å². The van der Waals surface area contributed by atoms with Crippen molar-refractivity contribution in [2.75, 3.05) is 11.1 Å². The fourth-order valence-electron chi connectivity index (χ4n) is 1.19. The van der Waals surface area contributed by atoms with Gasteiger partial charge in [-0.05, 0) is 13.0 Å². The number of aryl methyl sites for hydroxylation is 1. The molecule has 82 valence electrons. The third-order valence-corrected chi connectivity index (χ3v) is 1.94. The number of nitrogens with one attached hydrogen (secondary N) is 1. The Morgan fingerprint density at radius 1 is 1.56 bits per heavy atom. The highest BCUT2D eigenvalue weighted by Crippen LogP contribution is 2.12. The lowest BCUT2D eigenvalue weighted by Gasteiger charge is -2.02. The summed E-state index contributed by atoms with van der Waals surface area (Å²) in [7, 11) is 0. The van der Waals surface area contributed by atoms with Crippen LogP contribution in [-0.4, -0.2) is 15.9 Å². The number of aromatic nitrogens is 2. The molecule has 6 nitrogen and oxygen atoms in total. The van der Waals surface area contributed by atoms with E-state index < -0.39 is 0 Å². The molecule has 16 heavy (non-hydrogen) atoms. The minimum absolute atomic E-state index is 0.152. The van der Waals surface area contributed by atoms with Gasteiger partial charge in [-0.3, -0.25) is 15.1 Å². The van der Waals surface area contributed by atoms with Crippen LogP contribution in [0.4, 0.5) is 11.7 Å². The number of rotatable bonds is 2. The monoisotopic (exact) mass is 218 g/mol. The van der Waals surface area contributed by atoms with Gasteiger partial charge in [-0.1, -0.05) is 0 Å². The number of carbonyl (C=O) groups is 1. The van der Waals surface area contributed by atoms with Gasteiger partial charge in [0.15, 0.2) is 0 Å². The van der Waals surface area contributed by atoms with Crippen LogP contribution in [0.1, 0.15) is 16.1 Å². The first kappa shape index (κ1) is 10.2. The molecule has 0 fully saturated rings. The largest absolute Gasteiger partial charge is 0.432 e. The van der Waals surface area contributed by atoms with Crippen molar-refractivity contribution in [3.8, 4) is 0 Å². The van der Waals surface area contributed by atoms with Gasteiger partial charge in [0, 0.05) is 6.20 Å². The average molecular weight is 218 g/mol. The molecule has 0 radical (unpaired) electrons. The molecule has 2 aromatic heterocycles. The fraction of sp³-hybridized carbons (Fsp3) is 0.100. The minimum Gasteiger partial charge on any atom is -0.432 e. The van der Waals surface area contributed by atoms with Crippen molar-refractivity contribution in [1.82, 2.24) is 9.97 Å². The van der Waals surface area contributed by atoms with Crippen molar-refractivity contribution in [2.45, 2.75) is 6.92 Å². The number of amides is 1. The van der Waals surface area contributed by atoms with Crippen molar-refractivity contribution in [3.63, 3.8) is 0 Å². The molecule has 0 aromatic carbocycles. The Morgan fingerprint density at radius 2 is 2.38 bits per heavy atom. The number of hydrogen-bond acceptors (Lipinski definition) is 5. The van der Waals surface area contributed by atoms with Crippen LogP contribution in [0.15, 0.2) is 29.1 Å². The quantitative estimate of drug-likeness (QED) is 0.790. The van der Waals surface area contributed by atoms with Crippen molar-refractivity contribution < 1.29 is 9.21 Å². The Hall–Kier alpha value is -2.37.